The first-order valence-electron chi connectivity index (χ1n) is 3.13. The molecule has 1 nitrogen and oxygen atoms in total. The van der Waals surface area contributed by atoms with Crippen molar-refractivity contribution in [3.05, 3.63) is 28.6 Å². The Labute approximate surface area is 72.9 Å². The van der Waals surface area contributed by atoms with Crippen molar-refractivity contribution in [2.24, 2.45) is 0 Å². The molecule has 0 saturated heterocycles. The van der Waals surface area contributed by atoms with E-state index < -0.39 is 0 Å². The Morgan fingerprint density at radius 1 is 1.36 bits per heavy atom. The highest BCUT2D eigenvalue weighted by Gasteiger charge is 2.01. The highest BCUT2D eigenvalue weighted by atomic mass is 35.5. The van der Waals surface area contributed by atoms with Crippen molar-refractivity contribution >= 4 is 33.0 Å². The molecule has 2 rings (SSSR count). The van der Waals surface area contributed by atoms with Gasteiger partial charge in [-0.3, -0.25) is 0 Å². The van der Waals surface area contributed by atoms with Gasteiger partial charge in [-0.05, 0) is 18.2 Å². The fraction of sp³-hybridized carbons (Fsp3) is 0. The minimum absolute atomic E-state index is 0.313. The van der Waals surface area contributed by atoms with E-state index in [9.17, 15) is 5.11 Å². The average molecular weight is 185 g/mol. The number of benzene rings is 1. The van der Waals surface area contributed by atoms with Crippen LogP contribution in [0.4, 0.5) is 0 Å². The molecule has 0 amide bonds. The number of fused-ring (bicyclic) bond motifs is 1. The first-order valence-corrected chi connectivity index (χ1v) is 4.39. The van der Waals surface area contributed by atoms with Crippen LogP contribution in [-0.4, -0.2) is 5.11 Å². The van der Waals surface area contributed by atoms with Gasteiger partial charge < -0.3 is 5.11 Å². The zero-order valence-electron chi connectivity index (χ0n) is 5.54. The molecule has 0 aliphatic carbocycles. The zero-order chi connectivity index (χ0) is 7.84. The third kappa shape index (κ3) is 1.08. The molecule has 3 heteroatoms. The Kier molecular flexibility index (Phi) is 1.51. The first kappa shape index (κ1) is 6.95. The summed E-state index contributed by atoms with van der Waals surface area (Å²) >= 11 is 7.26. The SMILES string of the molecule is Oc1csc2ccc(Cl)cc12. The highest BCUT2D eigenvalue weighted by Crippen LogP contribution is 2.32. The van der Waals surface area contributed by atoms with Crippen LogP contribution in [-0.2, 0) is 0 Å². The van der Waals surface area contributed by atoms with Crippen molar-refractivity contribution in [1.29, 1.82) is 0 Å². The van der Waals surface area contributed by atoms with Crippen LogP contribution in [0.5, 0.6) is 5.75 Å². The second-order valence-electron chi connectivity index (χ2n) is 2.26. The van der Waals surface area contributed by atoms with Gasteiger partial charge in [0.2, 0.25) is 0 Å². The van der Waals surface area contributed by atoms with E-state index in [0.717, 1.165) is 10.1 Å². The van der Waals surface area contributed by atoms with Crippen molar-refractivity contribution in [2.75, 3.05) is 0 Å². The van der Waals surface area contributed by atoms with Crippen LogP contribution in [0.15, 0.2) is 23.6 Å². The summed E-state index contributed by atoms with van der Waals surface area (Å²) in [6, 6.07) is 5.49. The zero-order valence-corrected chi connectivity index (χ0v) is 7.12. The van der Waals surface area contributed by atoms with Crippen molar-refractivity contribution in [1.82, 2.24) is 0 Å². The monoisotopic (exact) mass is 184 g/mol. The predicted octanol–water partition coefficient (Wildman–Crippen LogP) is 3.26. The molecule has 56 valence electrons. The van der Waals surface area contributed by atoms with Crippen molar-refractivity contribution in [2.45, 2.75) is 0 Å². The maximum atomic E-state index is 9.29. The summed E-state index contributed by atoms with van der Waals surface area (Å²) in [7, 11) is 0. The molecule has 0 aliphatic heterocycles. The molecule has 2 aromatic rings. The standard InChI is InChI=1S/C8H5ClOS/c9-5-1-2-8-6(3-5)7(10)4-11-8/h1-4,10H. The van der Waals surface area contributed by atoms with E-state index in [1.807, 2.05) is 12.1 Å². The van der Waals surface area contributed by atoms with Crippen LogP contribution < -0.4 is 0 Å². The van der Waals surface area contributed by atoms with E-state index in [2.05, 4.69) is 0 Å². The second-order valence-corrected chi connectivity index (χ2v) is 3.61. The van der Waals surface area contributed by atoms with Crippen LogP contribution in [0.25, 0.3) is 10.1 Å². The molecular formula is C8H5ClOS. The van der Waals surface area contributed by atoms with Crippen LogP contribution in [0.3, 0.4) is 0 Å². The van der Waals surface area contributed by atoms with Gasteiger partial charge in [-0.1, -0.05) is 11.6 Å². The van der Waals surface area contributed by atoms with Gasteiger partial charge in [0.05, 0.1) is 0 Å². The van der Waals surface area contributed by atoms with Crippen LogP contribution in [0.1, 0.15) is 0 Å². The van der Waals surface area contributed by atoms with Gasteiger partial charge in [0.25, 0.3) is 0 Å². The smallest absolute Gasteiger partial charge is 0.134 e. The Balaban J connectivity index is 2.87. The third-order valence-electron chi connectivity index (χ3n) is 1.52. The molecule has 0 unspecified atom stereocenters. The minimum atomic E-state index is 0.313. The molecule has 11 heavy (non-hydrogen) atoms. The molecule has 1 aromatic carbocycles. The van der Waals surface area contributed by atoms with Crippen LogP contribution in [0, 0.1) is 0 Å². The number of aromatic hydroxyl groups is 1. The minimum Gasteiger partial charge on any atom is -0.506 e. The molecule has 0 atom stereocenters. The van der Waals surface area contributed by atoms with Gasteiger partial charge in [0.15, 0.2) is 0 Å². The maximum Gasteiger partial charge on any atom is 0.134 e. The number of hydrogen-bond acceptors (Lipinski definition) is 2. The summed E-state index contributed by atoms with van der Waals surface area (Å²) in [4.78, 5) is 0. The van der Waals surface area contributed by atoms with Crippen molar-refractivity contribution < 1.29 is 5.11 Å². The lowest BCUT2D eigenvalue weighted by Crippen LogP contribution is -1.63. The van der Waals surface area contributed by atoms with Gasteiger partial charge in [-0.15, -0.1) is 11.3 Å². The second kappa shape index (κ2) is 2.40. The summed E-state index contributed by atoms with van der Waals surface area (Å²) in [5.41, 5.74) is 0. The van der Waals surface area contributed by atoms with E-state index in [4.69, 9.17) is 11.6 Å². The largest absolute Gasteiger partial charge is 0.506 e. The molecule has 1 heterocycles. The normalized spacial score (nSPS) is 10.6. The Morgan fingerprint density at radius 2 is 2.18 bits per heavy atom. The average Bonchev–Trinajstić information content (AvgIpc) is 2.33. The summed E-state index contributed by atoms with van der Waals surface area (Å²) < 4.78 is 1.06. The third-order valence-corrected chi connectivity index (χ3v) is 2.70. The predicted molar refractivity (Wildman–Crippen MR) is 48.5 cm³/mol. The van der Waals surface area contributed by atoms with Gasteiger partial charge in [0.1, 0.15) is 5.75 Å². The lowest BCUT2D eigenvalue weighted by molar-refractivity contribution is 0.483. The fourth-order valence-electron chi connectivity index (χ4n) is 0.988. The fourth-order valence-corrected chi connectivity index (χ4v) is 1.96. The molecule has 0 spiro atoms. The van der Waals surface area contributed by atoms with Crippen LogP contribution >= 0.6 is 22.9 Å². The van der Waals surface area contributed by atoms with E-state index >= 15 is 0 Å². The van der Waals surface area contributed by atoms with E-state index in [1.165, 1.54) is 11.3 Å². The van der Waals surface area contributed by atoms with Crippen molar-refractivity contribution in [3.63, 3.8) is 0 Å². The van der Waals surface area contributed by atoms with Crippen LogP contribution in [0.2, 0.25) is 5.02 Å². The molecule has 1 N–H and O–H groups in total. The molecular weight excluding hydrogens is 180 g/mol. The van der Waals surface area contributed by atoms with E-state index in [0.29, 0.717) is 10.8 Å². The first-order chi connectivity index (χ1) is 5.27. The van der Waals surface area contributed by atoms with Gasteiger partial charge in [-0.25, -0.2) is 0 Å². The molecule has 0 saturated carbocycles. The Hall–Kier alpha value is -0.730. The summed E-state index contributed by atoms with van der Waals surface area (Å²) in [5, 5.41) is 12.5. The molecule has 0 bridgehead atoms. The van der Waals surface area contributed by atoms with E-state index in [1.54, 1.807) is 11.4 Å². The molecule has 0 fully saturated rings. The summed E-state index contributed by atoms with van der Waals surface area (Å²) in [6.07, 6.45) is 0. The quantitative estimate of drug-likeness (QED) is 0.667. The number of thiophene rings is 1. The molecule has 0 aliphatic rings. The van der Waals surface area contributed by atoms with Crippen molar-refractivity contribution in [3.8, 4) is 5.75 Å². The van der Waals surface area contributed by atoms with Gasteiger partial charge in [-0.2, -0.15) is 0 Å². The van der Waals surface area contributed by atoms with Gasteiger partial charge in [0, 0.05) is 20.5 Å². The van der Waals surface area contributed by atoms with E-state index in [-0.39, 0.29) is 0 Å². The maximum absolute atomic E-state index is 9.29. The molecule has 0 radical (unpaired) electrons. The number of hydrogen-bond donors (Lipinski definition) is 1. The molecule has 1 aromatic heterocycles. The topological polar surface area (TPSA) is 20.2 Å². The lowest BCUT2D eigenvalue weighted by atomic mass is 10.2. The summed E-state index contributed by atoms with van der Waals surface area (Å²) in [6.45, 7) is 0. The lowest BCUT2D eigenvalue weighted by Gasteiger charge is -1.90. The Morgan fingerprint density at radius 3 is 3.00 bits per heavy atom. The van der Waals surface area contributed by atoms with Gasteiger partial charge >= 0.3 is 0 Å². The summed E-state index contributed by atoms with van der Waals surface area (Å²) in [5.74, 6) is 0.313. The number of rotatable bonds is 0. The Bertz CT molecular complexity index is 394. The highest BCUT2D eigenvalue weighted by molar-refractivity contribution is 7.17. The number of halogens is 1.